The molecule has 3 aromatic rings. The number of amides is 1. The molecule has 0 radical (unpaired) electrons. The van der Waals surface area contributed by atoms with E-state index >= 15 is 0 Å². The molecule has 1 aromatic heterocycles. The molecule has 4 nitrogen and oxygen atoms in total. The number of nitrogens with zero attached hydrogens (tertiary/aromatic N) is 2. The van der Waals surface area contributed by atoms with Crippen molar-refractivity contribution in [3.05, 3.63) is 71.9 Å². The summed E-state index contributed by atoms with van der Waals surface area (Å²) < 4.78 is 0. The molecule has 2 aromatic carbocycles. The Morgan fingerprint density at radius 2 is 1.85 bits per heavy atom. The van der Waals surface area contributed by atoms with Crippen LogP contribution in [0.4, 0.5) is 0 Å². The lowest BCUT2D eigenvalue weighted by atomic mass is 10.0. The average Bonchev–Trinajstić information content (AvgIpc) is 3.10. The highest BCUT2D eigenvalue weighted by atomic mass is 16.2. The van der Waals surface area contributed by atoms with Crippen molar-refractivity contribution in [1.29, 1.82) is 0 Å². The van der Waals surface area contributed by atoms with Crippen LogP contribution >= 0.6 is 0 Å². The summed E-state index contributed by atoms with van der Waals surface area (Å²) in [6.07, 6.45) is 3.36. The molecule has 4 heteroatoms. The smallest absolute Gasteiger partial charge is 0.223 e. The number of piperazine rings is 1. The average molecular weight is 347 g/mol. The van der Waals surface area contributed by atoms with E-state index in [0.29, 0.717) is 6.42 Å². The Bertz CT molecular complexity index is 887. The highest BCUT2D eigenvalue weighted by molar-refractivity contribution is 5.84. The molecule has 134 valence electrons. The number of H-pyrrole nitrogens is 1. The number of nitrogens with one attached hydrogen (secondary N) is 1. The zero-order valence-electron chi connectivity index (χ0n) is 15.2. The fourth-order valence-corrected chi connectivity index (χ4v) is 3.90. The molecule has 1 amide bonds. The van der Waals surface area contributed by atoms with Crippen LogP contribution < -0.4 is 0 Å². The number of aromatic nitrogens is 1. The fraction of sp³-hybridized carbons (Fsp3) is 0.318. The Morgan fingerprint density at radius 1 is 1.08 bits per heavy atom. The van der Waals surface area contributed by atoms with Crippen molar-refractivity contribution in [2.24, 2.45) is 0 Å². The number of para-hydroxylation sites is 1. The molecule has 0 unspecified atom stereocenters. The number of benzene rings is 2. The number of fused-ring (bicyclic) bond motifs is 1. The molecule has 1 atom stereocenters. The highest BCUT2D eigenvalue weighted by Crippen LogP contribution is 2.26. The van der Waals surface area contributed by atoms with E-state index in [2.05, 4.69) is 58.2 Å². The monoisotopic (exact) mass is 347 g/mol. The molecule has 1 aliphatic rings. The number of carbonyl (C=O) groups is 1. The molecular formula is C22H25N3O. The van der Waals surface area contributed by atoms with E-state index in [1.165, 1.54) is 16.5 Å². The van der Waals surface area contributed by atoms with E-state index in [9.17, 15) is 4.79 Å². The molecular weight excluding hydrogens is 322 g/mol. The molecule has 1 N–H and O–H groups in total. The quantitative estimate of drug-likeness (QED) is 0.783. The van der Waals surface area contributed by atoms with Gasteiger partial charge in [0, 0.05) is 43.2 Å². The van der Waals surface area contributed by atoms with Crippen molar-refractivity contribution in [2.45, 2.75) is 18.9 Å². The lowest BCUT2D eigenvalue weighted by Crippen LogP contribution is -2.49. The van der Waals surface area contributed by atoms with Gasteiger partial charge in [0.15, 0.2) is 0 Å². The van der Waals surface area contributed by atoms with Gasteiger partial charge in [-0.3, -0.25) is 4.79 Å². The first-order chi connectivity index (χ1) is 12.7. The summed E-state index contributed by atoms with van der Waals surface area (Å²) in [5.74, 6) is 0.247. The van der Waals surface area contributed by atoms with E-state index in [4.69, 9.17) is 0 Å². The van der Waals surface area contributed by atoms with Crippen molar-refractivity contribution >= 4 is 16.8 Å². The Labute approximate surface area is 154 Å². The van der Waals surface area contributed by atoms with Crippen molar-refractivity contribution in [2.75, 3.05) is 26.7 Å². The Balaban J connectivity index is 1.49. The Morgan fingerprint density at radius 3 is 2.69 bits per heavy atom. The number of aromatic amines is 1. The van der Waals surface area contributed by atoms with Gasteiger partial charge in [-0.2, -0.15) is 0 Å². The number of likely N-dealkylation sites (N-methyl/N-ethyl adjacent to an activating group) is 1. The van der Waals surface area contributed by atoms with Crippen molar-refractivity contribution in [3.8, 4) is 0 Å². The molecule has 2 heterocycles. The number of hydrogen-bond donors (Lipinski definition) is 1. The lowest BCUT2D eigenvalue weighted by Gasteiger charge is -2.40. The lowest BCUT2D eigenvalue weighted by molar-refractivity contribution is -0.136. The van der Waals surface area contributed by atoms with Gasteiger partial charge in [0.1, 0.15) is 0 Å². The van der Waals surface area contributed by atoms with E-state index < -0.39 is 0 Å². The number of hydrogen-bond acceptors (Lipinski definition) is 2. The first-order valence-corrected chi connectivity index (χ1v) is 9.30. The SMILES string of the molecule is CN1CCN(C(=O)CCc2c[nH]c3ccccc23)[C@H](c2ccccc2)C1. The first kappa shape index (κ1) is 16.9. The van der Waals surface area contributed by atoms with Gasteiger partial charge in [-0.1, -0.05) is 48.5 Å². The number of rotatable bonds is 4. The summed E-state index contributed by atoms with van der Waals surface area (Å²) in [5, 5.41) is 1.22. The molecule has 0 spiro atoms. The maximum atomic E-state index is 13.0. The summed E-state index contributed by atoms with van der Waals surface area (Å²) in [6, 6.07) is 18.8. The maximum absolute atomic E-state index is 13.0. The zero-order valence-corrected chi connectivity index (χ0v) is 15.2. The molecule has 1 fully saturated rings. The molecule has 4 rings (SSSR count). The third-order valence-corrected chi connectivity index (χ3v) is 5.37. The molecule has 26 heavy (non-hydrogen) atoms. The van der Waals surface area contributed by atoms with E-state index in [1.807, 2.05) is 24.4 Å². The van der Waals surface area contributed by atoms with Crippen molar-refractivity contribution in [1.82, 2.24) is 14.8 Å². The van der Waals surface area contributed by atoms with E-state index in [1.54, 1.807) is 0 Å². The fourth-order valence-electron chi connectivity index (χ4n) is 3.90. The normalized spacial score (nSPS) is 18.3. The maximum Gasteiger partial charge on any atom is 0.223 e. The van der Waals surface area contributed by atoms with Gasteiger partial charge in [-0.05, 0) is 30.7 Å². The van der Waals surface area contributed by atoms with Crippen LogP contribution in [0.15, 0.2) is 60.8 Å². The summed E-state index contributed by atoms with van der Waals surface area (Å²) in [5.41, 5.74) is 3.58. The standard InChI is InChI=1S/C22H25N3O/c1-24-13-14-25(21(16-24)17-7-3-2-4-8-17)22(26)12-11-18-15-23-20-10-6-5-9-19(18)20/h2-10,15,21,23H,11-14,16H2,1H3/t21-/m0/s1. The Kier molecular flexibility index (Phi) is 4.76. The summed E-state index contributed by atoms with van der Waals surface area (Å²) >= 11 is 0. The van der Waals surface area contributed by atoms with Crippen LogP contribution in [0, 0.1) is 0 Å². The molecule has 0 saturated carbocycles. The van der Waals surface area contributed by atoms with Gasteiger partial charge in [0.2, 0.25) is 5.91 Å². The van der Waals surface area contributed by atoms with Gasteiger partial charge < -0.3 is 14.8 Å². The first-order valence-electron chi connectivity index (χ1n) is 9.30. The van der Waals surface area contributed by atoms with Crippen LogP contribution in [-0.2, 0) is 11.2 Å². The zero-order chi connectivity index (χ0) is 17.9. The highest BCUT2D eigenvalue weighted by Gasteiger charge is 2.29. The topological polar surface area (TPSA) is 39.3 Å². The minimum absolute atomic E-state index is 0.144. The predicted octanol–water partition coefficient (Wildman–Crippen LogP) is 3.62. The van der Waals surface area contributed by atoms with Crippen molar-refractivity contribution < 1.29 is 4.79 Å². The predicted molar refractivity (Wildman–Crippen MR) is 105 cm³/mol. The second-order valence-electron chi connectivity index (χ2n) is 7.14. The minimum Gasteiger partial charge on any atom is -0.361 e. The largest absolute Gasteiger partial charge is 0.361 e. The van der Waals surface area contributed by atoms with E-state index in [-0.39, 0.29) is 11.9 Å². The van der Waals surface area contributed by atoms with Crippen LogP contribution in [0.5, 0.6) is 0 Å². The van der Waals surface area contributed by atoms with Crippen LogP contribution in [0.2, 0.25) is 0 Å². The molecule has 1 aliphatic heterocycles. The Hall–Kier alpha value is -2.59. The van der Waals surface area contributed by atoms with Gasteiger partial charge in [0.25, 0.3) is 0 Å². The van der Waals surface area contributed by atoms with Gasteiger partial charge >= 0.3 is 0 Å². The van der Waals surface area contributed by atoms with Crippen LogP contribution in [0.25, 0.3) is 10.9 Å². The number of carbonyl (C=O) groups excluding carboxylic acids is 1. The van der Waals surface area contributed by atoms with E-state index in [0.717, 1.165) is 31.6 Å². The van der Waals surface area contributed by atoms with Gasteiger partial charge in [0.05, 0.1) is 6.04 Å². The van der Waals surface area contributed by atoms with Crippen LogP contribution in [0.3, 0.4) is 0 Å². The summed E-state index contributed by atoms with van der Waals surface area (Å²) in [4.78, 5) is 20.7. The molecule has 0 bridgehead atoms. The minimum atomic E-state index is 0.144. The van der Waals surface area contributed by atoms with Gasteiger partial charge in [-0.25, -0.2) is 0 Å². The molecule has 1 saturated heterocycles. The second kappa shape index (κ2) is 7.34. The van der Waals surface area contributed by atoms with Crippen LogP contribution in [-0.4, -0.2) is 47.4 Å². The second-order valence-corrected chi connectivity index (χ2v) is 7.14. The summed E-state index contributed by atoms with van der Waals surface area (Å²) in [7, 11) is 2.13. The number of aryl methyl sites for hydroxylation is 1. The van der Waals surface area contributed by atoms with Gasteiger partial charge in [-0.15, -0.1) is 0 Å². The van der Waals surface area contributed by atoms with Crippen molar-refractivity contribution in [3.63, 3.8) is 0 Å². The van der Waals surface area contributed by atoms with Crippen LogP contribution in [0.1, 0.15) is 23.6 Å². The molecule has 0 aliphatic carbocycles. The third-order valence-electron chi connectivity index (χ3n) is 5.37. The summed E-state index contributed by atoms with van der Waals surface area (Å²) in [6.45, 7) is 2.62. The third kappa shape index (κ3) is 3.37.